The van der Waals surface area contributed by atoms with Crippen LogP contribution in [0.1, 0.15) is 26.7 Å². The Balaban J connectivity index is 2.59. The zero-order valence-electron chi connectivity index (χ0n) is 11.6. The van der Waals surface area contributed by atoms with Gasteiger partial charge in [0.25, 0.3) is 5.56 Å². The van der Waals surface area contributed by atoms with Gasteiger partial charge < -0.3 is 10.6 Å². The molecule has 5 nitrogen and oxygen atoms in total. The minimum atomic E-state index is -0.0348. The molecule has 1 aromatic heterocycles. The van der Waals surface area contributed by atoms with Gasteiger partial charge in [-0.15, -0.1) is 0 Å². The molecule has 0 aliphatic rings. The van der Waals surface area contributed by atoms with E-state index in [0.29, 0.717) is 12.5 Å². The van der Waals surface area contributed by atoms with Crippen molar-refractivity contribution in [1.82, 2.24) is 15.1 Å². The summed E-state index contributed by atoms with van der Waals surface area (Å²) >= 11 is 0. The maximum Gasteiger partial charge on any atom is 0.268 e. The molecular weight excluding hydrogens is 228 g/mol. The van der Waals surface area contributed by atoms with Crippen molar-refractivity contribution in [3.63, 3.8) is 0 Å². The molecule has 2 N–H and O–H groups in total. The average Bonchev–Trinajstić information content (AvgIpc) is 2.33. The molecule has 18 heavy (non-hydrogen) atoms. The molecule has 0 aliphatic carbocycles. The van der Waals surface area contributed by atoms with Gasteiger partial charge in [-0.3, -0.25) is 4.79 Å². The first-order valence-electron chi connectivity index (χ1n) is 6.63. The minimum absolute atomic E-state index is 0.0348. The van der Waals surface area contributed by atoms with Gasteiger partial charge in [0.1, 0.15) is 0 Å². The first-order valence-corrected chi connectivity index (χ1v) is 6.63. The Morgan fingerprint density at radius 2 is 2.22 bits per heavy atom. The molecule has 5 heteroatoms. The zero-order chi connectivity index (χ0) is 13.4. The highest BCUT2D eigenvalue weighted by Gasteiger charge is 2.05. The third-order valence-corrected chi connectivity index (χ3v) is 2.84. The molecule has 1 aromatic rings. The summed E-state index contributed by atoms with van der Waals surface area (Å²) in [4.78, 5) is 11.9. The van der Waals surface area contributed by atoms with Crippen molar-refractivity contribution in [2.75, 3.05) is 25.5 Å². The lowest BCUT2D eigenvalue weighted by Crippen LogP contribution is -2.26. The van der Waals surface area contributed by atoms with Gasteiger partial charge in [-0.2, -0.15) is 5.10 Å². The molecule has 0 saturated carbocycles. The molecule has 102 valence electrons. The first-order chi connectivity index (χ1) is 8.67. The van der Waals surface area contributed by atoms with Crippen LogP contribution in [0.4, 0.5) is 5.69 Å². The summed E-state index contributed by atoms with van der Waals surface area (Å²) in [7, 11) is 1.90. The number of nitrogens with one attached hydrogen (secondary N) is 2. The minimum Gasteiger partial charge on any atom is -0.382 e. The van der Waals surface area contributed by atoms with Gasteiger partial charge in [-0.25, -0.2) is 4.68 Å². The van der Waals surface area contributed by atoms with Crippen LogP contribution >= 0.6 is 0 Å². The Morgan fingerprint density at radius 3 is 2.83 bits per heavy atom. The number of anilines is 1. The Kier molecular flexibility index (Phi) is 6.43. The standard InChI is InChI=1S/C13H24N4O/c1-4-5-11(2)10-17-13(18)8-12(9-16-17)15-7-6-14-3/h8-9,11,14-15H,4-7,10H2,1-3H3. The van der Waals surface area contributed by atoms with Crippen molar-refractivity contribution in [2.45, 2.75) is 33.2 Å². The fraction of sp³-hybridized carbons (Fsp3) is 0.692. The molecule has 1 heterocycles. The van der Waals surface area contributed by atoms with E-state index in [-0.39, 0.29) is 5.56 Å². The van der Waals surface area contributed by atoms with Crippen LogP contribution in [0.3, 0.4) is 0 Å². The number of hydrogen-bond donors (Lipinski definition) is 2. The summed E-state index contributed by atoms with van der Waals surface area (Å²) in [6.07, 6.45) is 3.98. The highest BCUT2D eigenvalue weighted by molar-refractivity contribution is 5.38. The van der Waals surface area contributed by atoms with E-state index >= 15 is 0 Å². The predicted octanol–water partition coefficient (Wildman–Crippen LogP) is 1.31. The van der Waals surface area contributed by atoms with Crippen LogP contribution in [0, 0.1) is 5.92 Å². The van der Waals surface area contributed by atoms with Gasteiger partial charge in [0, 0.05) is 25.7 Å². The van der Waals surface area contributed by atoms with Gasteiger partial charge in [0.05, 0.1) is 11.9 Å². The molecule has 1 rings (SSSR count). The highest BCUT2D eigenvalue weighted by atomic mass is 16.1. The van der Waals surface area contributed by atoms with Crippen LogP contribution in [-0.2, 0) is 6.54 Å². The van der Waals surface area contributed by atoms with Crippen LogP contribution in [0.2, 0.25) is 0 Å². The first kappa shape index (κ1) is 14.7. The zero-order valence-corrected chi connectivity index (χ0v) is 11.6. The summed E-state index contributed by atoms with van der Waals surface area (Å²) in [6, 6.07) is 1.61. The monoisotopic (exact) mass is 252 g/mol. The van der Waals surface area contributed by atoms with Crippen LogP contribution in [0.15, 0.2) is 17.1 Å². The van der Waals surface area contributed by atoms with E-state index in [1.54, 1.807) is 16.9 Å². The highest BCUT2D eigenvalue weighted by Crippen LogP contribution is 2.07. The van der Waals surface area contributed by atoms with Crippen LogP contribution in [0.5, 0.6) is 0 Å². The van der Waals surface area contributed by atoms with Gasteiger partial charge >= 0.3 is 0 Å². The third kappa shape index (κ3) is 4.87. The number of rotatable bonds is 8. The lowest BCUT2D eigenvalue weighted by Gasteiger charge is -2.12. The van der Waals surface area contributed by atoms with E-state index in [9.17, 15) is 4.79 Å². The molecule has 0 radical (unpaired) electrons. The summed E-state index contributed by atoms with van der Waals surface area (Å²) in [5.74, 6) is 0.489. The Morgan fingerprint density at radius 1 is 1.44 bits per heavy atom. The summed E-state index contributed by atoms with van der Waals surface area (Å²) in [5, 5.41) is 10.4. The number of aromatic nitrogens is 2. The van der Waals surface area contributed by atoms with E-state index < -0.39 is 0 Å². The quantitative estimate of drug-likeness (QED) is 0.685. The molecule has 0 amide bonds. The number of hydrogen-bond acceptors (Lipinski definition) is 4. The maximum atomic E-state index is 11.9. The second kappa shape index (κ2) is 7.87. The van der Waals surface area contributed by atoms with Crippen LogP contribution < -0.4 is 16.2 Å². The van der Waals surface area contributed by atoms with Gasteiger partial charge in [-0.1, -0.05) is 20.3 Å². The van der Waals surface area contributed by atoms with Crippen LogP contribution in [0.25, 0.3) is 0 Å². The molecule has 0 spiro atoms. The predicted molar refractivity (Wildman–Crippen MR) is 75.0 cm³/mol. The fourth-order valence-electron chi connectivity index (χ4n) is 1.88. The van der Waals surface area contributed by atoms with Crippen molar-refractivity contribution in [3.05, 3.63) is 22.6 Å². The average molecular weight is 252 g/mol. The van der Waals surface area contributed by atoms with Crippen molar-refractivity contribution >= 4 is 5.69 Å². The topological polar surface area (TPSA) is 59.0 Å². The second-order valence-corrected chi connectivity index (χ2v) is 4.69. The largest absolute Gasteiger partial charge is 0.382 e. The Hall–Kier alpha value is -1.36. The van der Waals surface area contributed by atoms with Crippen molar-refractivity contribution < 1.29 is 0 Å². The smallest absolute Gasteiger partial charge is 0.268 e. The van der Waals surface area contributed by atoms with Gasteiger partial charge in [0.15, 0.2) is 0 Å². The molecule has 1 unspecified atom stereocenters. The van der Waals surface area contributed by atoms with Crippen molar-refractivity contribution in [3.8, 4) is 0 Å². The normalized spacial score (nSPS) is 12.4. The van der Waals surface area contributed by atoms with Crippen molar-refractivity contribution in [1.29, 1.82) is 0 Å². The van der Waals surface area contributed by atoms with Gasteiger partial charge in [-0.05, 0) is 19.4 Å². The molecule has 0 aromatic carbocycles. The molecule has 0 fully saturated rings. The molecule has 1 atom stereocenters. The second-order valence-electron chi connectivity index (χ2n) is 4.69. The molecule has 0 saturated heterocycles. The lowest BCUT2D eigenvalue weighted by molar-refractivity contribution is 0.408. The Bertz CT molecular complexity index is 402. The summed E-state index contributed by atoms with van der Waals surface area (Å²) in [5.41, 5.74) is 0.752. The van der Waals surface area contributed by atoms with Crippen molar-refractivity contribution in [2.24, 2.45) is 5.92 Å². The van der Waals surface area contributed by atoms with E-state index in [2.05, 4.69) is 29.6 Å². The van der Waals surface area contributed by atoms with E-state index in [0.717, 1.165) is 31.6 Å². The molecule has 0 aliphatic heterocycles. The summed E-state index contributed by atoms with van der Waals surface area (Å²) in [6.45, 7) is 6.64. The van der Waals surface area contributed by atoms with Gasteiger partial charge in [0.2, 0.25) is 0 Å². The Labute approximate surface area is 109 Å². The van der Waals surface area contributed by atoms with E-state index in [4.69, 9.17) is 0 Å². The summed E-state index contributed by atoms with van der Waals surface area (Å²) < 4.78 is 1.55. The number of nitrogens with zero attached hydrogens (tertiary/aromatic N) is 2. The molecule has 0 bridgehead atoms. The number of likely N-dealkylation sites (N-methyl/N-ethyl adjacent to an activating group) is 1. The lowest BCUT2D eigenvalue weighted by atomic mass is 10.1. The molecular formula is C13H24N4O. The third-order valence-electron chi connectivity index (χ3n) is 2.84. The maximum absolute atomic E-state index is 11.9. The SMILES string of the molecule is CCCC(C)Cn1ncc(NCCNC)cc1=O. The fourth-order valence-corrected chi connectivity index (χ4v) is 1.88. The van der Waals surface area contributed by atoms with E-state index in [1.807, 2.05) is 7.05 Å². The van der Waals surface area contributed by atoms with E-state index in [1.165, 1.54) is 0 Å². The van der Waals surface area contributed by atoms with Crippen LogP contribution in [-0.4, -0.2) is 29.9 Å².